The molecule has 0 saturated carbocycles. The van der Waals surface area contributed by atoms with Crippen LogP contribution < -0.4 is 10.1 Å². The van der Waals surface area contributed by atoms with Gasteiger partial charge in [-0.3, -0.25) is 9.59 Å². The minimum Gasteiger partial charge on any atom is -0.484 e. The molecule has 1 aromatic carbocycles. The van der Waals surface area contributed by atoms with Gasteiger partial charge in [0.05, 0.1) is 18.7 Å². The van der Waals surface area contributed by atoms with E-state index in [-0.39, 0.29) is 18.4 Å². The van der Waals surface area contributed by atoms with Crippen LogP contribution >= 0.6 is 0 Å². The van der Waals surface area contributed by atoms with Crippen molar-refractivity contribution in [2.24, 2.45) is 5.92 Å². The molecule has 0 aliphatic carbocycles. The Hall–Kier alpha value is -2.08. The Morgan fingerprint density at radius 2 is 2.00 bits per heavy atom. The van der Waals surface area contributed by atoms with E-state index in [0.29, 0.717) is 30.3 Å². The van der Waals surface area contributed by atoms with Crippen LogP contribution in [-0.4, -0.2) is 67.0 Å². The molecule has 0 aromatic heterocycles. The Balaban J connectivity index is 1.87. The number of carbonyl (C=O) groups excluding carboxylic acids is 2. The number of carbonyl (C=O) groups is 2. The number of hydrogen-bond donors (Lipinski definition) is 1. The molecule has 6 heteroatoms. The highest BCUT2D eigenvalue weighted by atomic mass is 16.5. The van der Waals surface area contributed by atoms with Crippen LogP contribution in [0.15, 0.2) is 18.2 Å². The van der Waals surface area contributed by atoms with E-state index in [1.807, 2.05) is 25.1 Å². The van der Waals surface area contributed by atoms with Crippen molar-refractivity contribution < 1.29 is 14.3 Å². The van der Waals surface area contributed by atoms with Gasteiger partial charge in [-0.05, 0) is 32.0 Å². The molecule has 27 heavy (non-hydrogen) atoms. The van der Waals surface area contributed by atoms with Gasteiger partial charge >= 0.3 is 0 Å². The fourth-order valence-electron chi connectivity index (χ4n) is 3.72. The van der Waals surface area contributed by atoms with E-state index in [0.717, 1.165) is 31.5 Å². The largest absolute Gasteiger partial charge is 0.484 e. The summed E-state index contributed by atoms with van der Waals surface area (Å²) in [5, 5.41) is 2.92. The number of likely N-dealkylation sites (tertiary alicyclic amines) is 1. The zero-order valence-electron chi connectivity index (χ0n) is 16.9. The molecular formula is C21H31N3O3. The summed E-state index contributed by atoms with van der Waals surface area (Å²) in [6.45, 7) is 9.04. The molecule has 1 fully saturated rings. The number of nitrogens with one attached hydrogen (secondary N) is 1. The molecular weight excluding hydrogens is 342 g/mol. The standard InChI is InChI=1S/C21H31N3O3/c1-15(2)12-22-19(25)13-24-14-21(7-9-23(4)10-8-21)27-18-6-5-16(3)11-17(18)20(24)26/h5-6,11,15H,7-10,12-14H2,1-4H3,(H,22,25). The molecule has 2 aliphatic rings. The average molecular weight is 373 g/mol. The maximum Gasteiger partial charge on any atom is 0.258 e. The molecule has 2 heterocycles. The Bertz CT molecular complexity index is 709. The minimum atomic E-state index is -0.430. The van der Waals surface area contributed by atoms with Gasteiger partial charge in [-0.25, -0.2) is 0 Å². The van der Waals surface area contributed by atoms with Crippen LogP contribution in [0.2, 0.25) is 0 Å². The second-order valence-corrected chi connectivity index (χ2v) is 8.45. The Morgan fingerprint density at radius 3 is 2.67 bits per heavy atom. The van der Waals surface area contributed by atoms with Gasteiger partial charge in [0.15, 0.2) is 0 Å². The van der Waals surface area contributed by atoms with E-state index in [9.17, 15) is 9.59 Å². The number of benzene rings is 1. The summed E-state index contributed by atoms with van der Waals surface area (Å²) < 4.78 is 6.45. The van der Waals surface area contributed by atoms with Crippen LogP contribution in [0.25, 0.3) is 0 Å². The number of aryl methyl sites for hydroxylation is 1. The highest BCUT2D eigenvalue weighted by Crippen LogP contribution is 2.35. The van der Waals surface area contributed by atoms with Gasteiger partial charge < -0.3 is 19.9 Å². The van der Waals surface area contributed by atoms with Crippen molar-refractivity contribution in [2.75, 3.05) is 39.8 Å². The smallest absolute Gasteiger partial charge is 0.258 e. The third-order valence-corrected chi connectivity index (χ3v) is 5.40. The van der Waals surface area contributed by atoms with Gasteiger partial charge in [-0.1, -0.05) is 25.5 Å². The molecule has 0 radical (unpaired) electrons. The Kier molecular flexibility index (Phi) is 5.75. The first kappa shape index (κ1) is 19.7. The minimum absolute atomic E-state index is 0.0693. The number of fused-ring (bicyclic) bond motifs is 1. The molecule has 0 bridgehead atoms. The van der Waals surface area contributed by atoms with Gasteiger partial charge in [-0.15, -0.1) is 0 Å². The Morgan fingerprint density at radius 1 is 1.30 bits per heavy atom. The summed E-state index contributed by atoms with van der Waals surface area (Å²) in [7, 11) is 2.10. The molecule has 1 spiro atoms. The molecule has 6 nitrogen and oxygen atoms in total. The molecule has 148 valence electrons. The number of hydrogen-bond acceptors (Lipinski definition) is 4. The lowest BCUT2D eigenvalue weighted by Gasteiger charge is -2.41. The van der Waals surface area contributed by atoms with E-state index in [4.69, 9.17) is 4.74 Å². The Labute approximate surface area is 161 Å². The molecule has 0 atom stereocenters. The van der Waals surface area contributed by atoms with E-state index >= 15 is 0 Å². The lowest BCUT2D eigenvalue weighted by molar-refractivity contribution is -0.122. The van der Waals surface area contributed by atoms with Gasteiger partial charge in [0.25, 0.3) is 5.91 Å². The maximum absolute atomic E-state index is 13.2. The summed E-state index contributed by atoms with van der Waals surface area (Å²) in [6, 6.07) is 5.73. The second kappa shape index (κ2) is 7.89. The summed E-state index contributed by atoms with van der Waals surface area (Å²) in [5.74, 6) is 0.779. The van der Waals surface area contributed by atoms with E-state index in [2.05, 4.69) is 31.1 Å². The zero-order chi connectivity index (χ0) is 19.6. The van der Waals surface area contributed by atoms with Crippen LogP contribution in [-0.2, 0) is 4.79 Å². The summed E-state index contributed by atoms with van der Waals surface area (Å²) >= 11 is 0. The lowest BCUT2D eigenvalue weighted by Crippen LogP contribution is -2.54. The molecule has 2 aliphatic heterocycles. The monoisotopic (exact) mass is 373 g/mol. The summed E-state index contributed by atoms with van der Waals surface area (Å²) in [4.78, 5) is 29.6. The predicted molar refractivity (Wildman–Crippen MR) is 105 cm³/mol. The molecule has 2 amide bonds. The molecule has 1 aromatic rings. The topological polar surface area (TPSA) is 61.9 Å². The SMILES string of the molecule is Cc1ccc2c(c1)C(=O)N(CC(=O)NCC(C)C)CC1(CCN(C)CC1)O2. The van der Waals surface area contributed by atoms with E-state index in [1.54, 1.807) is 4.90 Å². The average Bonchev–Trinajstić information content (AvgIpc) is 2.72. The van der Waals surface area contributed by atoms with Crippen molar-refractivity contribution in [1.82, 2.24) is 15.1 Å². The van der Waals surface area contributed by atoms with Crippen molar-refractivity contribution >= 4 is 11.8 Å². The first-order chi connectivity index (χ1) is 12.8. The van der Waals surface area contributed by atoms with Crippen LogP contribution in [0.1, 0.15) is 42.6 Å². The fraction of sp³-hybridized carbons (Fsp3) is 0.619. The number of piperidine rings is 1. The van der Waals surface area contributed by atoms with E-state index < -0.39 is 5.60 Å². The number of rotatable bonds is 4. The quantitative estimate of drug-likeness (QED) is 0.878. The van der Waals surface area contributed by atoms with Crippen molar-refractivity contribution in [2.45, 2.75) is 39.2 Å². The second-order valence-electron chi connectivity index (χ2n) is 8.45. The zero-order valence-corrected chi connectivity index (χ0v) is 16.9. The molecule has 1 saturated heterocycles. The van der Waals surface area contributed by atoms with Gasteiger partial charge in [-0.2, -0.15) is 0 Å². The third-order valence-electron chi connectivity index (χ3n) is 5.40. The number of nitrogens with zero attached hydrogens (tertiary/aromatic N) is 2. The predicted octanol–water partition coefficient (Wildman–Crippen LogP) is 2.07. The maximum atomic E-state index is 13.2. The first-order valence-electron chi connectivity index (χ1n) is 9.82. The van der Waals surface area contributed by atoms with Gasteiger partial charge in [0.1, 0.15) is 11.4 Å². The van der Waals surface area contributed by atoms with Crippen LogP contribution in [0.3, 0.4) is 0 Å². The van der Waals surface area contributed by atoms with Gasteiger partial charge in [0.2, 0.25) is 5.91 Å². The van der Waals surface area contributed by atoms with Crippen molar-refractivity contribution in [3.05, 3.63) is 29.3 Å². The van der Waals surface area contributed by atoms with Crippen molar-refractivity contribution in [1.29, 1.82) is 0 Å². The summed E-state index contributed by atoms with van der Waals surface area (Å²) in [6.07, 6.45) is 1.68. The van der Waals surface area contributed by atoms with Crippen molar-refractivity contribution in [3.63, 3.8) is 0 Å². The van der Waals surface area contributed by atoms with Crippen LogP contribution in [0.4, 0.5) is 0 Å². The lowest BCUT2D eigenvalue weighted by atomic mass is 9.90. The van der Waals surface area contributed by atoms with Gasteiger partial charge in [0, 0.05) is 32.5 Å². The highest BCUT2D eigenvalue weighted by molar-refractivity contribution is 5.99. The molecule has 0 unspecified atom stereocenters. The van der Waals surface area contributed by atoms with Crippen LogP contribution in [0, 0.1) is 12.8 Å². The van der Waals surface area contributed by atoms with Crippen LogP contribution in [0.5, 0.6) is 5.75 Å². The third kappa shape index (κ3) is 4.61. The molecule has 1 N–H and O–H groups in total. The molecule has 3 rings (SSSR count). The normalized spacial score (nSPS) is 19.6. The number of ether oxygens (including phenoxy) is 1. The van der Waals surface area contributed by atoms with Crippen molar-refractivity contribution in [3.8, 4) is 5.75 Å². The van der Waals surface area contributed by atoms with E-state index in [1.165, 1.54) is 0 Å². The summed E-state index contributed by atoms with van der Waals surface area (Å²) in [5.41, 5.74) is 1.14. The fourth-order valence-corrected chi connectivity index (χ4v) is 3.72. The highest BCUT2D eigenvalue weighted by Gasteiger charge is 2.42. The number of amides is 2. The first-order valence-corrected chi connectivity index (χ1v) is 9.82.